The minimum absolute atomic E-state index is 0.00275. The summed E-state index contributed by atoms with van der Waals surface area (Å²) >= 11 is 1.30. The normalized spacial score (nSPS) is 15.0. The van der Waals surface area contributed by atoms with Gasteiger partial charge in [-0.05, 0) is 194 Å². The van der Waals surface area contributed by atoms with Crippen LogP contribution in [0.5, 0.6) is 11.5 Å². The van der Waals surface area contributed by atoms with Gasteiger partial charge < -0.3 is 19.4 Å². The van der Waals surface area contributed by atoms with Gasteiger partial charge in [0.05, 0.1) is 37.6 Å². The molecule has 0 atom stereocenters. The average molecular weight is 1530 g/mol. The SMILES string of the molecule is [2H]c1c([2H])c([2H])c(-c2c([2H])c([2H])c3c(c2[2H])N(c2c(-c4ccccc4)cc(C(C)(C)C)cc2-c2ccccc2)c2cc(C(C)(C)C)cc4c2B3c2c3c5c(c([2H])c2N4c2cc(-c4ccccc4)ccc2-c2ccccc2)N(c2c(-c4ccccc4)c([2H])c([2H])c([2H])c2-c2ccccc2)c2cc(-c4ccccc4)c([2H])c4c2B5c2c(c([2H])c([2H])c(-c5ccccc5)c2S4)O3)c([2H])c1[2H]. The van der Waals surface area contributed by atoms with Crippen LogP contribution in [0, 0.1) is 0 Å². The quantitative estimate of drug-likeness (QED) is 0.113. The minimum Gasteiger partial charge on any atom is -0.459 e. The molecule has 0 N–H and O–H groups in total. The first kappa shape index (κ1) is 55.8. The van der Waals surface area contributed by atoms with Crippen molar-refractivity contribution in [2.75, 3.05) is 14.7 Å². The highest BCUT2D eigenvalue weighted by atomic mass is 32.2. The monoisotopic (exact) mass is 1530 g/mol. The third kappa shape index (κ3) is 11.5. The second-order valence-electron chi connectivity index (χ2n) is 32.6. The van der Waals surface area contributed by atoms with Gasteiger partial charge in [0.15, 0.2) is 0 Å². The van der Waals surface area contributed by atoms with Crippen LogP contribution in [-0.2, 0) is 10.8 Å². The predicted molar refractivity (Wildman–Crippen MR) is 497 cm³/mol. The van der Waals surface area contributed by atoms with Crippen molar-refractivity contribution in [3.63, 3.8) is 0 Å². The Morgan fingerprint density at radius 1 is 0.282 bits per heavy atom. The van der Waals surface area contributed by atoms with E-state index in [4.69, 9.17) is 6.11 Å². The number of ether oxygens (including phenoxy) is 1. The molecule has 0 fully saturated rings. The number of anilines is 9. The molecule has 0 bridgehead atoms. The summed E-state index contributed by atoms with van der Waals surface area (Å²) in [6.07, 6.45) is 0. The molecule has 117 heavy (non-hydrogen) atoms. The van der Waals surface area contributed by atoms with E-state index in [1.54, 1.807) is 0 Å². The van der Waals surface area contributed by atoms with E-state index in [2.05, 4.69) is 113 Å². The molecular weight excluding hydrogens is 1430 g/mol. The van der Waals surface area contributed by atoms with Gasteiger partial charge in [-0.3, -0.25) is 0 Å². The first-order valence-electron chi connectivity index (χ1n) is 47.2. The average Bonchev–Trinajstić information content (AvgIpc) is 0.653. The molecule has 0 unspecified atom stereocenters. The molecule has 22 rings (SSSR count). The van der Waals surface area contributed by atoms with Crippen LogP contribution in [-0.4, -0.2) is 13.4 Å². The Labute approximate surface area is 711 Å². The lowest BCUT2D eigenvalue weighted by molar-refractivity contribution is 0.490. The molecule has 554 valence electrons. The van der Waals surface area contributed by atoms with Gasteiger partial charge in [0.1, 0.15) is 11.5 Å². The van der Waals surface area contributed by atoms with E-state index >= 15 is 0 Å². The summed E-state index contributed by atoms with van der Waals surface area (Å²) in [5.74, 6) is 0.0646. The molecule has 0 spiro atoms. The Bertz CT molecular complexity index is 7630. The predicted octanol–water partition coefficient (Wildman–Crippen LogP) is 26.2. The fourth-order valence-electron chi connectivity index (χ4n) is 18.0. The second-order valence-corrected chi connectivity index (χ2v) is 33.6. The molecule has 0 aliphatic carbocycles. The van der Waals surface area contributed by atoms with Crippen molar-refractivity contribution < 1.29 is 25.3 Å². The maximum atomic E-state index is 12.9. The number of nitrogens with zero attached hydrogens (tertiary/aromatic N) is 3. The van der Waals surface area contributed by atoms with Gasteiger partial charge in [0.25, 0.3) is 13.4 Å². The van der Waals surface area contributed by atoms with Gasteiger partial charge in [0, 0.05) is 71.7 Å². The fourth-order valence-corrected chi connectivity index (χ4v) is 19.3. The summed E-state index contributed by atoms with van der Waals surface area (Å²) in [4.78, 5) is 7.18. The van der Waals surface area contributed by atoms with Crippen LogP contribution in [0.3, 0.4) is 0 Å². The van der Waals surface area contributed by atoms with Crippen LogP contribution < -0.4 is 52.2 Å². The van der Waals surface area contributed by atoms with Gasteiger partial charge in [-0.25, -0.2) is 0 Å². The molecule has 0 amide bonds. The van der Waals surface area contributed by atoms with E-state index in [-0.39, 0.29) is 98.6 Å². The number of hydrogen-bond donors (Lipinski definition) is 0. The van der Waals surface area contributed by atoms with Crippen molar-refractivity contribution in [1.29, 1.82) is 0 Å². The lowest BCUT2D eigenvalue weighted by Crippen LogP contribution is -2.66. The third-order valence-corrected chi connectivity index (χ3v) is 24.7. The third-order valence-electron chi connectivity index (χ3n) is 23.6. The van der Waals surface area contributed by atoms with Gasteiger partial charge in [-0.15, -0.1) is 0 Å². The van der Waals surface area contributed by atoms with Crippen molar-refractivity contribution in [1.82, 2.24) is 0 Å². The Kier molecular flexibility index (Phi) is 13.2. The zero-order valence-corrected chi connectivity index (χ0v) is 65.8. The maximum Gasteiger partial charge on any atom is 0.259 e. The molecule has 5 aliphatic heterocycles. The van der Waals surface area contributed by atoms with E-state index in [0.717, 1.165) is 38.9 Å². The zero-order valence-electron chi connectivity index (χ0n) is 80.0. The number of benzene rings is 17. The first-order valence-corrected chi connectivity index (χ1v) is 40.5. The molecule has 4 nitrogen and oxygen atoms in total. The molecule has 0 saturated heterocycles. The molecule has 17 aromatic rings. The molecule has 0 radical (unpaired) electrons. The second kappa shape index (κ2) is 27.6. The van der Waals surface area contributed by atoms with Crippen molar-refractivity contribution in [2.45, 2.75) is 62.2 Å². The van der Waals surface area contributed by atoms with E-state index in [0.29, 0.717) is 110 Å². The van der Waals surface area contributed by atoms with Crippen molar-refractivity contribution in [2.24, 2.45) is 0 Å². The largest absolute Gasteiger partial charge is 0.459 e. The molecule has 7 heteroatoms. The fraction of sp³-hybridized carbons (Fsp3) is 0.0727. The highest BCUT2D eigenvalue weighted by molar-refractivity contribution is 8.00. The lowest BCUT2D eigenvalue weighted by atomic mass is 9.29. The van der Waals surface area contributed by atoms with Crippen LogP contribution >= 0.6 is 11.8 Å². The molecule has 0 saturated carbocycles. The highest BCUT2D eigenvalue weighted by Crippen LogP contribution is 2.59. The van der Waals surface area contributed by atoms with Gasteiger partial charge in [-0.1, -0.05) is 369 Å². The summed E-state index contributed by atoms with van der Waals surface area (Å²) in [6, 6.07) is 88.5. The highest BCUT2D eigenvalue weighted by Gasteiger charge is 2.54. The standard InChI is InChI=1S/C110H81B2N3OS/c1-109(2,3)82-65-88(77-49-30-14-31-50-77)106(89(66-82)78-51-32-15-33-52-78)114-92-62-80(71-37-18-8-19-38-71)56-59-90(92)111-100-94(67-83(68-95(100)114)110(4,5)6)113(91-61-79(70-35-16-7-17-36-70)55-57-84(91)73-41-22-10-23-42-73)96-69-97-103-107(102(96)111)116-98-60-58-87(76-47-28-13-29-48-76)108-104(98)112(103)101-93(63-81(64-99(101)117-108)72-39-20-9-21-40-72)115(97)105-85(74-43-24-11-25-44-74)53-34-54-86(105)75-45-26-12-27-46-75/h7-69H,1-6H3/i8D,18D,19D,34D,37D,38D,53D,54D,56D,58D,59D,60D,62D,64D,69D. The van der Waals surface area contributed by atoms with Gasteiger partial charge >= 0.3 is 0 Å². The summed E-state index contributed by atoms with van der Waals surface area (Å²) < 4.78 is 168. The molecule has 0 aromatic heterocycles. The molecule has 17 aromatic carbocycles. The summed E-state index contributed by atoms with van der Waals surface area (Å²) in [7, 11) is 0. The molecule has 5 heterocycles. The van der Waals surface area contributed by atoms with Crippen LogP contribution in [0.1, 0.15) is 73.2 Å². The summed E-state index contributed by atoms with van der Waals surface area (Å²) in [5.41, 5.74) is 14.6. The van der Waals surface area contributed by atoms with Crippen LogP contribution in [0.4, 0.5) is 51.2 Å². The zero-order chi connectivity index (χ0) is 91.4. The summed E-state index contributed by atoms with van der Waals surface area (Å²) in [6.45, 7) is 10.3. The van der Waals surface area contributed by atoms with E-state index in [1.807, 2.05) is 234 Å². The van der Waals surface area contributed by atoms with Crippen molar-refractivity contribution >= 4 is 109 Å². The van der Waals surface area contributed by atoms with Crippen LogP contribution in [0.2, 0.25) is 0 Å². The molecular formula is C110H81B2N3OS. The van der Waals surface area contributed by atoms with E-state index < -0.39 is 83.7 Å². The maximum absolute atomic E-state index is 12.9. The molecule has 5 aliphatic rings. The topological polar surface area (TPSA) is 19.0 Å². The van der Waals surface area contributed by atoms with Crippen molar-refractivity contribution in [3.8, 4) is 112 Å². The Morgan fingerprint density at radius 3 is 1.27 bits per heavy atom. The van der Waals surface area contributed by atoms with Gasteiger partial charge in [-0.2, -0.15) is 0 Å². The Balaban J connectivity index is 1.02. The van der Waals surface area contributed by atoms with E-state index in [1.165, 1.54) is 11.8 Å². The number of fused-ring (bicyclic) bond motifs is 5. The number of para-hydroxylation sites is 1. The van der Waals surface area contributed by atoms with Crippen LogP contribution in [0.25, 0.3) is 100 Å². The summed E-state index contributed by atoms with van der Waals surface area (Å²) in [5, 5.41) is 0. The van der Waals surface area contributed by atoms with E-state index in [9.17, 15) is 19.2 Å². The van der Waals surface area contributed by atoms with Gasteiger partial charge in [0.2, 0.25) is 0 Å². The Hall–Kier alpha value is -13.6. The smallest absolute Gasteiger partial charge is 0.259 e. The Morgan fingerprint density at radius 2 is 0.726 bits per heavy atom. The minimum atomic E-state index is -1.46. The number of rotatable bonds is 12. The number of hydrogen-bond acceptors (Lipinski definition) is 5. The van der Waals surface area contributed by atoms with Crippen molar-refractivity contribution in [3.05, 3.63) is 393 Å². The van der Waals surface area contributed by atoms with Crippen LogP contribution in [0.15, 0.2) is 392 Å². The first-order chi connectivity index (χ1) is 63.6. The lowest BCUT2D eigenvalue weighted by Gasteiger charge is -2.49.